The molecule has 2 aliphatic heterocycles. The fourth-order valence-corrected chi connectivity index (χ4v) is 5.01. The van der Waals surface area contributed by atoms with E-state index in [9.17, 15) is 9.59 Å². The Morgan fingerprint density at radius 2 is 1.00 bits per heavy atom. The van der Waals surface area contributed by atoms with Gasteiger partial charge in [0.15, 0.2) is 0 Å². The minimum atomic E-state index is -0.420. The van der Waals surface area contributed by atoms with Gasteiger partial charge in [0.1, 0.15) is 23.3 Å². The summed E-state index contributed by atoms with van der Waals surface area (Å²) in [4.78, 5) is 25.3. The van der Waals surface area contributed by atoms with E-state index < -0.39 is 11.8 Å². The van der Waals surface area contributed by atoms with Crippen LogP contribution in [0.5, 0.6) is 11.5 Å². The summed E-state index contributed by atoms with van der Waals surface area (Å²) in [5, 5.41) is 0. The van der Waals surface area contributed by atoms with Crippen LogP contribution in [-0.4, -0.2) is 11.9 Å². The Hall–Kier alpha value is -4.18. The summed E-state index contributed by atoms with van der Waals surface area (Å²) in [6, 6.07) is 31.4. The normalized spacial score (nSPS) is 19.2. The van der Waals surface area contributed by atoms with Gasteiger partial charge in [0, 0.05) is 17.0 Å². The van der Waals surface area contributed by atoms with Crippen LogP contribution < -0.4 is 9.47 Å². The molecule has 2 atom stereocenters. The van der Waals surface area contributed by atoms with Crippen LogP contribution in [0.15, 0.2) is 97.1 Å². The van der Waals surface area contributed by atoms with E-state index in [0.717, 1.165) is 33.4 Å². The van der Waals surface area contributed by atoms with Gasteiger partial charge in [-0.1, -0.05) is 91.9 Å². The first-order valence-electron chi connectivity index (χ1n) is 11.4. The SMILES string of the molecule is CC(c1ccc2c(c1)C(c1ccccc1)C(=O)O2)c1ccc2c(c1)C(c1ccccc1)C(=O)O2. The summed E-state index contributed by atoms with van der Waals surface area (Å²) in [5.41, 5.74) is 5.80. The van der Waals surface area contributed by atoms with Gasteiger partial charge >= 0.3 is 11.9 Å². The Kier molecular flexibility index (Phi) is 4.80. The Morgan fingerprint density at radius 3 is 1.41 bits per heavy atom. The molecule has 6 rings (SSSR count). The van der Waals surface area contributed by atoms with Crippen molar-refractivity contribution in [3.05, 3.63) is 130 Å². The minimum Gasteiger partial charge on any atom is -0.425 e. The number of carbonyl (C=O) groups is 2. The van der Waals surface area contributed by atoms with Crippen molar-refractivity contribution < 1.29 is 19.1 Å². The predicted molar refractivity (Wildman–Crippen MR) is 128 cm³/mol. The van der Waals surface area contributed by atoms with Crippen LogP contribution in [0.2, 0.25) is 0 Å². The van der Waals surface area contributed by atoms with Crippen LogP contribution >= 0.6 is 0 Å². The summed E-state index contributed by atoms with van der Waals surface area (Å²) < 4.78 is 11.1. The maximum Gasteiger partial charge on any atom is 0.323 e. The van der Waals surface area contributed by atoms with Crippen molar-refractivity contribution in [1.29, 1.82) is 0 Å². The molecule has 0 fully saturated rings. The van der Waals surface area contributed by atoms with E-state index in [1.165, 1.54) is 0 Å². The summed E-state index contributed by atoms with van der Waals surface area (Å²) in [5.74, 6) is -0.0443. The van der Waals surface area contributed by atoms with Gasteiger partial charge in [0.05, 0.1) is 0 Å². The topological polar surface area (TPSA) is 52.6 Å². The molecule has 0 N–H and O–H groups in total. The van der Waals surface area contributed by atoms with Gasteiger partial charge in [-0.05, 0) is 34.4 Å². The summed E-state index contributed by atoms with van der Waals surface area (Å²) in [7, 11) is 0. The van der Waals surface area contributed by atoms with Crippen LogP contribution in [0, 0.1) is 0 Å². The number of hydrogen-bond acceptors (Lipinski definition) is 4. The lowest BCUT2D eigenvalue weighted by Gasteiger charge is -2.16. The molecule has 2 unspecified atom stereocenters. The van der Waals surface area contributed by atoms with Crippen molar-refractivity contribution in [1.82, 2.24) is 0 Å². The fraction of sp³-hybridized carbons (Fsp3) is 0.133. The zero-order valence-corrected chi connectivity index (χ0v) is 18.6. The third-order valence-corrected chi connectivity index (χ3v) is 6.85. The Balaban J connectivity index is 1.37. The molecule has 4 heteroatoms. The van der Waals surface area contributed by atoms with E-state index in [-0.39, 0.29) is 17.9 Å². The highest BCUT2D eigenvalue weighted by molar-refractivity contribution is 5.90. The van der Waals surface area contributed by atoms with Gasteiger partial charge < -0.3 is 9.47 Å². The molecule has 0 radical (unpaired) electrons. The average Bonchev–Trinajstić information content (AvgIpc) is 3.38. The molecule has 2 aliphatic rings. The summed E-state index contributed by atoms with van der Waals surface area (Å²) in [6.07, 6.45) is 0. The smallest absolute Gasteiger partial charge is 0.323 e. The lowest BCUT2D eigenvalue weighted by atomic mass is 9.85. The number of benzene rings is 4. The number of hydrogen-bond donors (Lipinski definition) is 0. The van der Waals surface area contributed by atoms with Crippen LogP contribution in [0.1, 0.15) is 58.1 Å². The second-order valence-corrected chi connectivity index (χ2v) is 8.85. The van der Waals surface area contributed by atoms with Gasteiger partial charge in [0.25, 0.3) is 0 Å². The molecule has 34 heavy (non-hydrogen) atoms. The monoisotopic (exact) mass is 446 g/mol. The number of carbonyl (C=O) groups excluding carboxylic acids is 2. The van der Waals surface area contributed by atoms with Gasteiger partial charge in [-0.15, -0.1) is 0 Å². The highest BCUT2D eigenvalue weighted by Crippen LogP contribution is 2.43. The lowest BCUT2D eigenvalue weighted by Crippen LogP contribution is -2.11. The lowest BCUT2D eigenvalue weighted by molar-refractivity contribution is -0.134. The first kappa shape index (κ1) is 20.4. The highest BCUT2D eigenvalue weighted by Gasteiger charge is 2.36. The molecular formula is C30H22O4. The minimum absolute atomic E-state index is 0.0508. The second kappa shape index (κ2) is 7.99. The van der Waals surface area contributed by atoms with E-state index in [1.54, 1.807) is 0 Å². The van der Waals surface area contributed by atoms with E-state index in [1.807, 2.05) is 84.9 Å². The van der Waals surface area contributed by atoms with E-state index in [4.69, 9.17) is 9.47 Å². The molecule has 0 amide bonds. The standard InChI is InChI=1S/C30H22O4/c1-18(21-12-14-25-23(16-21)27(29(31)33-25)19-8-4-2-5-9-19)22-13-15-26-24(17-22)28(30(32)34-26)20-10-6-3-7-11-20/h2-18,27-28H,1H3. The van der Waals surface area contributed by atoms with Gasteiger partial charge in [-0.3, -0.25) is 9.59 Å². The maximum absolute atomic E-state index is 12.6. The van der Waals surface area contributed by atoms with E-state index in [0.29, 0.717) is 11.5 Å². The Labute approximate surface area is 197 Å². The Morgan fingerprint density at radius 1 is 0.588 bits per heavy atom. The Bertz CT molecular complexity index is 1300. The zero-order valence-electron chi connectivity index (χ0n) is 18.6. The van der Waals surface area contributed by atoms with Gasteiger partial charge in [0.2, 0.25) is 0 Å². The maximum atomic E-state index is 12.6. The quantitative estimate of drug-likeness (QED) is 0.288. The summed E-state index contributed by atoms with van der Waals surface area (Å²) >= 11 is 0. The van der Waals surface area contributed by atoms with Crippen molar-refractivity contribution in [2.45, 2.75) is 24.7 Å². The molecule has 4 nitrogen and oxygen atoms in total. The molecule has 0 saturated heterocycles. The van der Waals surface area contributed by atoms with Crippen LogP contribution in [0.4, 0.5) is 0 Å². The third-order valence-electron chi connectivity index (χ3n) is 6.85. The van der Waals surface area contributed by atoms with Crippen LogP contribution in [-0.2, 0) is 9.59 Å². The molecule has 4 aromatic rings. The molecule has 0 aromatic heterocycles. The number of fused-ring (bicyclic) bond motifs is 2. The van der Waals surface area contributed by atoms with Gasteiger partial charge in [-0.2, -0.15) is 0 Å². The van der Waals surface area contributed by atoms with E-state index in [2.05, 4.69) is 19.1 Å². The van der Waals surface area contributed by atoms with Crippen molar-refractivity contribution >= 4 is 11.9 Å². The summed E-state index contributed by atoms with van der Waals surface area (Å²) in [6.45, 7) is 2.13. The first-order chi connectivity index (χ1) is 16.6. The molecule has 0 aliphatic carbocycles. The number of rotatable bonds is 4. The molecular weight excluding hydrogens is 424 g/mol. The van der Waals surface area contributed by atoms with E-state index >= 15 is 0 Å². The zero-order chi connectivity index (χ0) is 23.2. The average molecular weight is 447 g/mol. The molecule has 2 heterocycles. The van der Waals surface area contributed by atoms with Crippen LogP contribution in [0.3, 0.4) is 0 Å². The largest absolute Gasteiger partial charge is 0.425 e. The molecule has 0 bridgehead atoms. The second-order valence-electron chi connectivity index (χ2n) is 8.85. The number of ether oxygens (including phenoxy) is 2. The highest BCUT2D eigenvalue weighted by atomic mass is 16.5. The van der Waals surface area contributed by atoms with Crippen molar-refractivity contribution in [2.75, 3.05) is 0 Å². The molecule has 4 aromatic carbocycles. The predicted octanol–water partition coefficient (Wildman–Crippen LogP) is 5.94. The first-order valence-corrected chi connectivity index (χ1v) is 11.4. The fourth-order valence-electron chi connectivity index (χ4n) is 5.01. The van der Waals surface area contributed by atoms with Gasteiger partial charge in [-0.25, -0.2) is 0 Å². The molecule has 0 spiro atoms. The van der Waals surface area contributed by atoms with Crippen LogP contribution in [0.25, 0.3) is 0 Å². The van der Waals surface area contributed by atoms with Crippen molar-refractivity contribution in [3.8, 4) is 11.5 Å². The number of esters is 2. The van der Waals surface area contributed by atoms with Crippen molar-refractivity contribution in [3.63, 3.8) is 0 Å². The van der Waals surface area contributed by atoms with Crippen molar-refractivity contribution in [2.24, 2.45) is 0 Å². The third kappa shape index (κ3) is 3.30. The molecule has 0 saturated carbocycles. The molecule has 166 valence electrons.